The Balaban J connectivity index is 1.64. The van der Waals surface area contributed by atoms with E-state index in [9.17, 15) is 9.18 Å². The maximum Gasteiger partial charge on any atom is 0.239 e. The van der Waals surface area contributed by atoms with Crippen LogP contribution in [0.25, 0.3) is 12.2 Å². The highest BCUT2D eigenvalue weighted by atomic mass is 32.1. The monoisotopic (exact) mass is 439 g/mol. The molecule has 0 saturated carbocycles. The standard InChI is InChI=1S/C21H22FN7OS/c1-13(2)16-11-24-21(31-16)28-19-25-17(7-6-14-4-3-5-15(22)10-14)26-20(27-19)29-9-8-23-18(30)12-29/h3-7,10-11,13H,8-9,12H2,1-2H3,(H,23,30)(H,24,25,26,27,28). The van der Waals surface area contributed by atoms with Crippen molar-refractivity contribution in [2.24, 2.45) is 0 Å². The van der Waals surface area contributed by atoms with E-state index in [4.69, 9.17) is 0 Å². The number of rotatable bonds is 6. The first kappa shape index (κ1) is 20.9. The Kier molecular flexibility index (Phi) is 6.17. The molecule has 1 aliphatic rings. The highest BCUT2D eigenvalue weighted by molar-refractivity contribution is 7.15. The second kappa shape index (κ2) is 9.17. The SMILES string of the molecule is CC(C)c1cnc(Nc2nc(C=Cc3cccc(F)c3)nc(N3CCNC(=O)C3)n2)s1. The number of anilines is 3. The number of thiazole rings is 1. The van der Waals surface area contributed by atoms with E-state index in [0.717, 1.165) is 4.88 Å². The van der Waals surface area contributed by atoms with Gasteiger partial charge < -0.3 is 10.2 Å². The zero-order valence-electron chi connectivity index (χ0n) is 17.2. The molecule has 4 rings (SSSR count). The van der Waals surface area contributed by atoms with Gasteiger partial charge in [0, 0.05) is 24.2 Å². The number of aromatic nitrogens is 4. The summed E-state index contributed by atoms with van der Waals surface area (Å²) in [4.78, 5) is 32.6. The van der Waals surface area contributed by atoms with Crippen LogP contribution in [0, 0.1) is 5.82 Å². The Labute approximate surface area is 183 Å². The molecule has 10 heteroatoms. The molecular formula is C21H22FN7OS. The first-order valence-corrected chi connectivity index (χ1v) is 10.7. The molecule has 2 aromatic heterocycles. The van der Waals surface area contributed by atoms with Crippen LogP contribution < -0.4 is 15.5 Å². The Bertz CT molecular complexity index is 1110. The highest BCUT2D eigenvalue weighted by Gasteiger charge is 2.20. The lowest BCUT2D eigenvalue weighted by molar-refractivity contribution is -0.120. The Hall–Kier alpha value is -3.40. The van der Waals surface area contributed by atoms with E-state index >= 15 is 0 Å². The summed E-state index contributed by atoms with van der Waals surface area (Å²) in [6, 6.07) is 6.25. The quantitative estimate of drug-likeness (QED) is 0.607. The summed E-state index contributed by atoms with van der Waals surface area (Å²) in [5.41, 5.74) is 0.690. The third-order valence-corrected chi connectivity index (χ3v) is 5.76. The van der Waals surface area contributed by atoms with Crippen molar-refractivity contribution in [1.82, 2.24) is 25.3 Å². The van der Waals surface area contributed by atoms with Gasteiger partial charge in [-0.2, -0.15) is 15.0 Å². The topological polar surface area (TPSA) is 95.9 Å². The molecule has 0 spiro atoms. The van der Waals surface area contributed by atoms with Gasteiger partial charge in [-0.1, -0.05) is 32.1 Å². The molecule has 0 aliphatic carbocycles. The molecule has 8 nitrogen and oxygen atoms in total. The summed E-state index contributed by atoms with van der Waals surface area (Å²) < 4.78 is 13.5. The van der Waals surface area contributed by atoms with Crippen LogP contribution in [0.1, 0.15) is 36.0 Å². The van der Waals surface area contributed by atoms with Crippen molar-refractivity contribution in [3.8, 4) is 0 Å². The molecule has 1 aromatic carbocycles. The molecule has 160 valence electrons. The second-order valence-corrected chi connectivity index (χ2v) is 8.39. The molecule has 1 fully saturated rings. The highest BCUT2D eigenvalue weighted by Crippen LogP contribution is 2.27. The van der Waals surface area contributed by atoms with Crippen molar-refractivity contribution < 1.29 is 9.18 Å². The zero-order valence-corrected chi connectivity index (χ0v) is 18.0. The molecule has 0 radical (unpaired) electrons. The Morgan fingerprint density at radius 2 is 2.13 bits per heavy atom. The Morgan fingerprint density at radius 1 is 1.26 bits per heavy atom. The summed E-state index contributed by atoms with van der Waals surface area (Å²) in [5.74, 6) is 1.10. The number of hydrogen-bond donors (Lipinski definition) is 2. The van der Waals surface area contributed by atoms with Crippen LogP contribution in [-0.4, -0.2) is 45.5 Å². The number of carbonyl (C=O) groups excluding carboxylic acids is 1. The van der Waals surface area contributed by atoms with E-state index in [1.807, 2.05) is 6.20 Å². The summed E-state index contributed by atoms with van der Waals surface area (Å²) in [6.07, 6.45) is 5.26. The van der Waals surface area contributed by atoms with Crippen molar-refractivity contribution >= 4 is 46.4 Å². The van der Waals surface area contributed by atoms with Gasteiger partial charge in [0.05, 0.1) is 6.54 Å². The lowest BCUT2D eigenvalue weighted by atomic mass is 10.2. The molecule has 3 aromatic rings. The number of amides is 1. The van der Waals surface area contributed by atoms with Gasteiger partial charge in [0.25, 0.3) is 0 Å². The van der Waals surface area contributed by atoms with Crippen molar-refractivity contribution in [2.45, 2.75) is 19.8 Å². The average Bonchev–Trinajstić information content (AvgIpc) is 3.21. The van der Waals surface area contributed by atoms with Crippen LogP contribution in [-0.2, 0) is 4.79 Å². The van der Waals surface area contributed by atoms with Gasteiger partial charge in [0.2, 0.25) is 17.8 Å². The fraction of sp³-hybridized carbons (Fsp3) is 0.286. The average molecular weight is 440 g/mol. The fourth-order valence-electron chi connectivity index (χ4n) is 2.95. The number of nitrogens with one attached hydrogen (secondary N) is 2. The first-order chi connectivity index (χ1) is 15.0. The first-order valence-electron chi connectivity index (χ1n) is 9.90. The number of piperazine rings is 1. The van der Waals surface area contributed by atoms with E-state index in [0.29, 0.717) is 47.4 Å². The molecule has 1 amide bonds. The molecule has 0 atom stereocenters. The number of carbonyl (C=O) groups is 1. The van der Waals surface area contributed by atoms with Gasteiger partial charge in [0.1, 0.15) is 5.82 Å². The lowest BCUT2D eigenvalue weighted by Gasteiger charge is -2.26. The molecule has 1 aliphatic heterocycles. The van der Waals surface area contributed by atoms with E-state index in [-0.39, 0.29) is 18.3 Å². The summed E-state index contributed by atoms with van der Waals surface area (Å²) in [6.45, 7) is 5.50. The van der Waals surface area contributed by atoms with Crippen molar-refractivity contribution in [3.05, 3.63) is 52.5 Å². The normalized spacial score (nSPS) is 14.3. The Morgan fingerprint density at radius 3 is 2.87 bits per heavy atom. The largest absolute Gasteiger partial charge is 0.353 e. The van der Waals surface area contributed by atoms with E-state index in [1.165, 1.54) is 23.5 Å². The maximum absolute atomic E-state index is 13.5. The van der Waals surface area contributed by atoms with Gasteiger partial charge in [-0.25, -0.2) is 9.37 Å². The van der Waals surface area contributed by atoms with Crippen LogP contribution >= 0.6 is 11.3 Å². The molecule has 3 heterocycles. The number of halogens is 1. The van der Waals surface area contributed by atoms with Crippen LogP contribution in [0.4, 0.5) is 21.4 Å². The third-order valence-electron chi connectivity index (χ3n) is 4.55. The molecule has 31 heavy (non-hydrogen) atoms. The summed E-state index contributed by atoms with van der Waals surface area (Å²) >= 11 is 1.54. The lowest BCUT2D eigenvalue weighted by Crippen LogP contribution is -2.48. The van der Waals surface area contributed by atoms with E-state index in [1.54, 1.807) is 29.2 Å². The number of nitrogens with zero attached hydrogens (tertiary/aromatic N) is 5. The van der Waals surface area contributed by atoms with Crippen molar-refractivity contribution in [3.63, 3.8) is 0 Å². The van der Waals surface area contributed by atoms with Crippen LogP contribution in [0.2, 0.25) is 0 Å². The molecular weight excluding hydrogens is 417 g/mol. The predicted octanol–water partition coefficient (Wildman–Crippen LogP) is 3.44. The van der Waals surface area contributed by atoms with Gasteiger partial charge in [-0.15, -0.1) is 11.3 Å². The molecule has 0 bridgehead atoms. The van der Waals surface area contributed by atoms with Crippen molar-refractivity contribution in [1.29, 1.82) is 0 Å². The van der Waals surface area contributed by atoms with Crippen LogP contribution in [0.5, 0.6) is 0 Å². The molecule has 2 N–H and O–H groups in total. The van der Waals surface area contributed by atoms with Crippen LogP contribution in [0.15, 0.2) is 30.5 Å². The summed E-state index contributed by atoms with van der Waals surface area (Å²) in [5, 5.41) is 6.61. The minimum absolute atomic E-state index is 0.0838. The third kappa shape index (κ3) is 5.40. The van der Waals surface area contributed by atoms with Gasteiger partial charge in [-0.3, -0.25) is 10.1 Å². The smallest absolute Gasteiger partial charge is 0.239 e. The van der Waals surface area contributed by atoms with Gasteiger partial charge >= 0.3 is 0 Å². The minimum Gasteiger partial charge on any atom is -0.353 e. The number of hydrogen-bond acceptors (Lipinski definition) is 8. The maximum atomic E-state index is 13.5. The van der Waals surface area contributed by atoms with E-state index in [2.05, 4.69) is 44.4 Å². The van der Waals surface area contributed by atoms with E-state index < -0.39 is 0 Å². The minimum atomic E-state index is -0.315. The second-order valence-electron chi connectivity index (χ2n) is 7.32. The van der Waals surface area contributed by atoms with Crippen molar-refractivity contribution in [2.75, 3.05) is 29.9 Å². The van der Waals surface area contributed by atoms with Crippen LogP contribution in [0.3, 0.4) is 0 Å². The molecule has 0 unspecified atom stereocenters. The fourth-order valence-corrected chi connectivity index (χ4v) is 3.76. The summed E-state index contributed by atoms with van der Waals surface area (Å²) in [7, 11) is 0. The van der Waals surface area contributed by atoms with Gasteiger partial charge in [0.15, 0.2) is 11.0 Å². The van der Waals surface area contributed by atoms with Gasteiger partial charge in [-0.05, 0) is 29.7 Å². The zero-order chi connectivity index (χ0) is 21.8. The molecule has 1 saturated heterocycles. The predicted molar refractivity (Wildman–Crippen MR) is 120 cm³/mol. The number of benzene rings is 1.